The quantitative estimate of drug-likeness (QED) is 0.740. The Bertz CT molecular complexity index is 545. The molecule has 1 aliphatic carbocycles. The van der Waals surface area contributed by atoms with Gasteiger partial charge in [0.15, 0.2) is 0 Å². The van der Waals surface area contributed by atoms with E-state index in [1.54, 1.807) is 6.08 Å². The van der Waals surface area contributed by atoms with E-state index in [0.717, 1.165) is 0 Å². The summed E-state index contributed by atoms with van der Waals surface area (Å²) in [5.74, 6) is -2.61. The first kappa shape index (κ1) is 16.7. The topological polar surface area (TPSA) is 71.1 Å². The van der Waals surface area contributed by atoms with E-state index in [-0.39, 0.29) is 16.6 Å². The summed E-state index contributed by atoms with van der Waals surface area (Å²) in [6, 6.07) is 0. The Kier molecular flexibility index (Phi) is 4.44. The fourth-order valence-corrected chi connectivity index (χ4v) is 2.64. The van der Waals surface area contributed by atoms with Crippen LogP contribution in [0.1, 0.15) is 27.2 Å². The molecule has 0 aromatic carbocycles. The molecule has 2 rings (SSSR count). The largest absolute Gasteiger partial charge is 0.465 e. The van der Waals surface area contributed by atoms with Crippen molar-refractivity contribution in [2.24, 2.45) is 5.41 Å². The molecule has 0 atom stereocenters. The molecule has 0 bridgehead atoms. The molecular weight excluding hydrogens is 288 g/mol. The molecule has 122 valence electrons. The first-order valence-corrected chi connectivity index (χ1v) is 7.21. The molecule has 1 aliphatic heterocycles. The fraction of sp³-hybridized carbons (Fsp3) is 0.625. The lowest BCUT2D eigenvalue weighted by atomic mass is 9.91. The van der Waals surface area contributed by atoms with Crippen molar-refractivity contribution in [3.63, 3.8) is 0 Å². The molecular formula is C16H22O6. The van der Waals surface area contributed by atoms with Crippen molar-refractivity contribution in [1.82, 2.24) is 0 Å². The lowest BCUT2D eigenvalue weighted by molar-refractivity contribution is -0.258. The van der Waals surface area contributed by atoms with E-state index in [0.29, 0.717) is 25.2 Å². The molecule has 0 aromatic rings. The Morgan fingerprint density at radius 3 is 2.14 bits per heavy atom. The van der Waals surface area contributed by atoms with E-state index in [1.807, 2.05) is 20.8 Å². The predicted octanol–water partition coefficient (Wildman–Crippen LogP) is 1.75. The average Bonchev–Trinajstić information content (AvgIpc) is 2.83. The molecule has 2 aliphatic rings. The number of methoxy groups -OCH3 is 2. The van der Waals surface area contributed by atoms with Crippen molar-refractivity contribution >= 4 is 11.9 Å². The van der Waals surface area contributed by atoms with E-state index in [2.05, 4.69) is 0 Å². The van der Waals surface area contributed by atoms with E-state index in [4.69, 9.17) is 18.9 Å². The average molecular weight is 310 g/mol. The van der Waals surface area contributed by atoms with Gasteiger partial charge < -0.3 is 18.9 Å². The first-order chi connectivity index (χ1) is 10.3. The Morgan fingerprint density at radius 2 is 1.68 bits per heavy atom. The highest BCUT2D eigenvalue weighted by atomic mass is 16.7. The smallest absolute Gasteiger partial charge is 0.340 e. The SMILES string of the molecule is CCC1=CC(C(=O)OC)=C(C(=O)OC)C12OCC(C)(C)CO2. The number of carbonyl (C=O) groups excluding carboxylic acids is 2. The van der Waals surface area contributed by atoms with Crippen LogP contribution in [0.2, 0.25) is 0 Å². The molecule has 1 spiro atoms. The summed E-state index contributed by atoms with van der Waals surface area (Å²) in [5, 5.41) is 0. The summed E-state index contributed by atoms with van der Waals surface area (Å²) >= 11 is 0. The molecule has 1 saturated heterocycles. The molecule has 0 aromatic heterocycles. The van der Waals surface area contributed by atoms with Crippen LogP contribution in [0, 0.1) is 5.41 Å². The summed E-state index contributed by atoms with van der Waals surface area (Å²) in [6.07, 6.45) is 2.18. The maximum atomic E-state index is 12.3. The molecule has 0 unspecified atom stereocenters. The second-order valence-electron chi connectivity index (χ2n) is 6.15. The summed E-state index contributed by atoms with van der Waals surface area (Å²) in [7, 11) is 2.52. The third kappa shape index (κ3) is 2.57. The Morgan fingerprint density at radius 1 is 1.14 bits per heavy atom. The van der Waals surface area contributed by atoms with Crippen molar-refractivity contribution in [2.75, 3.05) is 27.4 Å². The van der Waals surface area contributed by atoms with Crippen molar-refractivity contribution in [3.05, 3.63) is 22.8 Å². The lowest BCUT2D eigenvalue weighted by Gasteiger charge is -2.43. The van der Waals surface area contributed by atoms with Crippen LogP contribution < -0.4 is 0 Å². The number of hydrogen-bond donors (Lipinski definition) is 0. The Labute approximate surface area is 130 Å². The Hall–Kier alpha value is -1.66. The summed E-state index contributed by atoms with van der Waals surface area (Å²) in [6.45, 7) is 6.73. The molecule has 0 radical (unpaired) electrons. The van der Waals surface area contributed by atoms with Gasteiger partial charge >= 0.3 is 11.9 Å². The summed E-state index contributed by atoms with van der Waals surface area (Å²) < 4.78 is 21.5. The number of ether oxygens (including phenoxy) is 4. The van der Waals surface area contributed by atoms with Crippen LogP contribution >= 0.6 is 0 Å². The predicted molar refractivity (Wildman–Crippen MR) is 77.8 cm³/mol. The molecule has 1 heterocycles. The van der Waals surface area contributed by atoms with Gasteiger partial charge in [0.1, 0.15) is 5.57 Å². The van der Waals surface area contributed by atoms with Crippen LogP contribution in [0.15, 0.2) is 22.8 Å². The molecule has 1 fully saturated rings. The Balaban J connectivity index is 2.53. The fourth-order valence-electron chi connectivity index (χ4n) is 2.64. The van der Waals surface area contributed by atoms with Crippen LogP contribution in [-0.4, -0.2) is 45.2 Å². The zero-order valence-corrected chi connectivity index (χ0v) is 13.6. The van der Waals surface area contributed by atoms with Gasteiger partial charge in [-0.05, 0) is 18.1 Å². The normalized spacial score (nSPS) is 22.5. The van der Waals surface area contributed by atoms with Crippen molar-refractivity contribution < 1.29 is 28.5 Å². The molecule has 0 N–H and O–H groups in total. The van der Waals surface area contributed by atoms with Gasteiger partial charge in [-0.3, -0.25) is 0 Å². The highest BCUT2D eigenvalue weighted by Gasteiger charge is 2.54. The number of hydrogen-bond acceptors (Lipinski definition) is 6. The zero-order chi connectivity index (χ0) is 16.5. The molecule has 6 heteroatoms. The van der Waals surface area contributed by atoms with Crippen LogP contribution in [0.3, 0.4) is 0 Å². The maximum Gasteiger partial charge on any atom is 0.340 e. The zero-order valence-electron chi connectivity index (χ0n) is 13.6. The summed E-state index contributed by atoms with van der Waals surface area (Å²) in [5.41, 5.74) is 0.739. The van der Waals surface area contributed by atoms with Crippen LogP contribution in [0.4, 0.5) is 0 Å². The summed E-state index contributed by atoms with van der Waals surface area (Å²) in [4.78, 5) is 24.3. The van der Waals surface area contributed by atoms with Crippen molar-refractivity contribution in [2.45, 2.75) is 33.0 Å². The van der Waals surface area contributed by atoms with Crippen LogP contribution in [0.5, 0.6) is 0 Å². The highest BCUT2D eigenvalue weighted by molar-refractivity contribution is 6.06. The first-order valence-electron chi connectivity index (χ1n) is 7.21. The number of carbonyl (C=O) groups is 2. The molecule has 0 amide bonds. The van der Waals surface area contributed by atoms with Gasteiger partial charge in [-0.15, -0.1) is 0 Å². The third-order valence-corrected chi connectivity index (χ3v) is 3.85. The standard InChI is InChI=1S/C16H22O6/c1-6-10-7-11(13(17)19-4)12(14(18)20-5)16(10)21-8-15(2,3)9-22-16/h7H,6,8-9H2,1-5H3. The van der Waals surface area contributed by atoms with Gasteiger partial charge in [-0.1, -0.05) is 20.8 Å². The van der Waals surface area contributed by atoms with Gasteiger partial charge in [-0.2, -0.15) is 0 Å². The van der Waals surface area contributed by atoms with E-state index in [9.17, 15) is 9.59 Å². The van der Waals surface area contributed by atoms with Gasteiger partial charge in [-0.25, -0.2) is 9.59 Å². The van der Waals surface area contributed by atoms with E-state index >= 15 is 0 Å². The van der Waals surface area contributed by atoms with Crippen molar-refractivity contribution in [1.29, 1.82) is 0 Å². The molecule has 6 nitrogen and oxygen atoms in total. The van der Waals surface area contributed by atoms with E-state index in [1.165, 1.54) is 14.2 Å². The van der Waals surface area contributed by atoms with Gasteiger partial charge in [0, 0.05) is 5.41 Å². The minimum absolute atomic E-state index is 0.0641. The minimum atomic E-state index is -1.35. The maximum absolute atomic E-state index is 12.3. The van der Waals surface area contributed by atoms with E-state index < -0.39 is 17.7 Å². The second-order valence-corrected chi connectivity index (χ2v) is 6.15. The lowest BCUT2D eigenvalue weighted by Crippen LogP contribution is -2.50. The van der Waals surface area contributed by atoms with Gasteiger partial charge in [0.25, 0.3) is 0 Å². The monoisotopic (exact) mass is 310 g/mol. The molecule has 0 saturated carbocycles. The van der Waals surface area contributed by atoms with Gasteiger partial charge in [0.05, 0.1) is 33.0 Å². The number of rotatable bonds is 3. The highest BCUT2D eigenvalue weighted by Crippen LogP contribution is 2.46. The molecule has 22 heavy (non-hydrogen) atoms. The van der Waals surface area contributed by atoms with Crippen LogP contribution in [0.25, 0.3) is 0 Å². The third-order valence-electron chi connectivity index (χ3n) is 3.85. The van der Waals surface area contributed by atoms with Gasteiger partial charge in [0.2, 0.25) is 5.79 Å². The van der Waals surface area contributed by atoms with Crippen LogP contribution in [-0.2, 0) is 28.5 Å². The number of esters is 2. The minimum Gasteiger partial charge on any atom is -0.465 e. The van der Waals surface area contributed by atoms with Crippen molar-refractivity contribution in [3.8, 4) is 0 Å². The second kappa shape index (κ2) is 5.85.